The van der Waals surface area contributed by atoms with Crippen molar-refractivity contribution in [1.82, 2.24) is 4.98 Å². The molecule has 0 spiro atoms. The molecule has 100 valence electrons. The number of hydrogen-bond donors (Lipinski definition) is 1. The van der Waals surface area contributed by atoms with E-state index in [1.807, 2.05) is 56.4 Å². The maximum atomic E-state index is 9.50. The van der Waals surface area contributed by atoms with Gasteiger partial charge in [0.05, 0.1) is 18.3 Å². The lowest BCUT2D eigenvalue weighted by molar-refractivity contribution is 0.199. The van der Waals surface area contributed by atoms with Gasteiger partial charge in [-0.15, -0.1) is 0 Å². The molecule has 1 heterocycles. The maximum Gasteiger partial charge on any atom is 0.0761 e. The minimum atomic E-state index is -0.419. The number of pyridine rings is 1. The molecule has 3 nitrogen and oxygen atoms in total. The van der Waals surface area contributed by atoms with Gasteiger partial charge in [0.15, 0.2) is 0 Å². The molecule has 0 saturated carbocycles. The molecule has 1 aromatic carbocycles. The molecule has 1 aromatic heterocycles. The average Bonchev–Trinajstić information content (AvgIpc) is 2.39. The molecule has 0 aliphatic heterocycles. The summed E-state index contributed by atoms with van der Waals surface area (Å²) in [5, 5.41) is 9.50. The molecule has 0 unspecified atom stereocenters. The molecule has 0 amide bonds. The topological polar surface area (TPSA) is 36.4 Å². The van der Waals surface area contributed by atoms with Crippen LogP contribution in [0.25, 0.3) is 0 Å². The molecule has 2 aromatic rings. The highest BCUT2D eigenvalue weighted by atomic mass is 16.3. The Bertz CT molecular complexity index is 535. The van der Waals surface area contributed by atoms with Crippen molar-refractivity contribution in [3.63, 3.8) is 0 Å². The third-order valence-corrected chi connectivity index (χ3v) is 3.16. The Morgan fingerprint density at radius 2 is 1.84 bits per heavy atom. The van der Waals surface area contributed by atoms with Crippen molar-refractivity contribution in [3.8, 4) is 0 Å². The first-order valence-electron chi connectivity index (χ1n) is 6.48. The molecule has 1 N–H and O–H groups in total. The van der Waals surface area contributed by atoms with E-state index in [2.05, 4.69) is 9.88 Å². The number of benzene rings is 1. The normalized spacial score (nSPS) is 12.2. The Kier molecular flexibility index (Phi) is 4.17. The number of hydrogen-bond acceptors (Lipinski definition) is 3. The highest BCUT2D eigenvalue weighted by molar-refractivity contribution is 5.47. The fourth-order valence-corrected chi connectivity index (χ4v) is 2.03. The molecule has 0 aliphatic carbocycles. The summed E-state index contributed by atoms with van der Waals surface area (Å²) in [6, 6.07) is 14.0. The van der Waals surface area contributed by atoms with Gasteiger partial charge in [0, 0.05) is 18.4 Å². The molecular weight excluding hydrogens is 236 g/mol. The predicted octanol–water partition coefficient (Wildman–Crippen LogP) is 3.08. The second-order valence-corrected chi connectivity index (χ2v) is 4.89. The van der Waals surface area contributed by atoms with E-state index >= 15 is 0 Å². The summed E-state index contributed by atoms with van der Waals surface area (Å²) >= 11 is 0. The number of nitrogens with zero attached hydrogens (tertiary/aromatic N) is 2. The van der Waals surface area contributed by atoms with Crippen LogP contribution in [-0.2, 0) is 6.54 Å². The zero-order valence-electron chi connectivity index (χ0n) is 11.7. The van der Waals surface area contributed by atoms with Crippen molar-refractivity contribution >= 4 is 5.69 Å². The highest BCUT2D eigenvalue weighted by Crippen LogP contribution is 2.19. The SMILES string of the molecule is Cc1cccc(CN(C)c2ccc([C@@H](C)O)cc2)n1. The lowest BCUT2D eigenvalue weighted by atomic mass is 10.1. The van der Waals surface area contributed by atoms with Crippen molar-refractivity contribution in [1.29, 1.82) is 0 Å². The van der Waals surface area contributed by atoms with Crippen LogP contribution in [0.15, 0.2) is 42.5 Å². The van der Waals surface area contributed by atoms with Crippen LogP contribution in [0.5, 0.6) is 0 Å². The van der Waals surface area contributed by atoms with Gasteiger partial charge in [-0.1, -0.05) is 18.2 Å². The average molecular weight is 256 g/mol. The molecular formula is C16H20N2O. The Hall–Kier alpha value is -1.87. The van der Waals surface area contributed by atoms with Gasteiger partial charge in [-0.25, -0.2) is 0 Å². The Morgan fingerprint density at radius 1 is 1.16 bits per heavy atom. The van der Waals surface area contributed by atoms with Gasteiger partial charge >= 0.3 is 0 Å². The van der Waals surface area contributed by atoms with Crippen LogP contribution in [-0.4, -0.2) is 17.1 Å². The van der Waals surface area contributed by atoms with Crippen LogP contribution in [0.1, 0.15) is 30.0 Å². The van der Waals surface area contributed by atoms with Gasteiger partial charge in [0.2, 0.25) is 0 Å². The zero-order valence-corrected chi connectivity index (χ0v) is 11.7. The lowest BCUT2D eigenvalue weighted by Crippen LogP contribution is -2.17. The second kappa shape index (κ2) is 5.85. The van der Waals surface area contributed by atoms with Crippen molar-refractivity contribution in [2.45, 2.75) is 26.5 Å². The van der Waals surface area contributed by atoms with E-state index in [0.717, 1.165) is 29.2 Å². The number of aromatic nitrogens is 1. The van der Waals surface area contributed by atoms with Crippen LogP contribution < -0.4 is 4.90 Å². The first-order chi connectivity index (χ1) is 9.06. The molecule has 1 atom stereocenters. The van der Waals surface area contributed by atoms with Crippen LogP contribution in [0.3, 0.4) is 0 Å². The highest BCUT2D eigenvalue weighted by Gasteiger charge is 2.05. The molecule has 0 fully saturated rings. The largest absolute Gasteiger partial charge is 0.389 e. The summed E-state index contributed by atoms with van der Waals surface area (Å²) in [7, 11) is 2.04. The predicted molar refractivity (Wildman–Crippen MR) is 78.2 cm³/mol. The maximum absolute atomic E-state index is 9.50. The summed E-state index contributed by atoms with van der Waals surface area (Å²) < 4.78 is 0. The summed E-state index contributed by atoms with van der Waals surface area (Å²) in [5.74, 6) is 0. The van der Waals surface area contributed by atoms with Gasteiger partial charge in [-0.05, 0) is 43.7 Å². The fourth-order valence-electron chi connectivity index (χ4n) is 2.03. The third kappa shape index (κ3) is 3.55. The summed E-state index contributed by atoms with van der Waals surface area (Å²) in [5.41, 5.74) is 4.15. The molecule has 0 saturated heterocycles. The second-order valence-electron chi connectivity index (χ2n) is 4.89. The van der Waals surface area contributed by atoms with Gasteiger partial charge in [-0.2, -0.15) is 0 Å². The number of aryl methyl sites for hydroxylation is 1. The smallest absolute Gasteiger partial charge is 0.0761 e. The molecule has 2 rings (SSSR count). The van der Waals surface area contributed by atoms with E-state index in [-0.39, 0.29) is 0 Å². The standard InChI is InChI=1S/C16H20N2O/c1-12-5-4-6-15(17-12)11-18(3)16-9-7-14(8-10-16)13(2)19/h4-10,13,19H,11H2,1-3H3/t13-/m1/s1. The van der Waals surface area contributed by atoms with Gasteiger partial charge < -0.3 is 10.0 Å². The quantitative estimate of drug-likeness (QED) is 0.913. The first kappa shape index (κ1) is 13.6. The molecule has 3 heteroatoms. The van der Waals surface area contributed by atoms with E-state index in [9.17, 15) is 5.11 Å². The monoisotopic (exact) mass is 256 g/mol. The Morgan fingerprint density at radius 3 is 2.42 bits per heavy atom. The van der Waals surface area contributed by atoms with Gasteiger partial charge in [0.25, 0.3) is 0 Å². The lowest BCUT2D eigenvalue weighted by Gasteiger charge is -2.19. The first-order valence-corrected chi connectivity index (χ1v) is 6.48. The molecule has 0 bridgehead atoms. The van der Waals surface area contributed by atoms with Crippen molar-refractivity contribution in [3.05, 3.63) is 59.4 Å². The van der Waals surface area contributed by atoms with Crippen LogP contribution in [0.4, 0.5) is 5.69 Å². The van der Waals surface area contributed by atoms with E-state index in [1.54, 1.807) is 6.92 Å². The minimum Gasteiger partial charge on any atom is -0.389 e. The molecule has 0 aliphatic rings. The third-order valence-electron chi connectivity index (χ3n) is 3.16. The van der Waals surface area contributed by atoms with Gasteiger partial charge in [0.1, 0.15) is 0 Å². The van der Waals surface area contributed by atoms with E-state index in [4.69, 9.17) is 0 Å². The minimum absolute atomic E-state index is 0.419. The van der Waals surface area contributed by atoms with Crippen molar-refractivity contribution in [2.75, 3.05) is 11.9 Å². The number of anilines is 1. The Labute approximate surface area is 114 Å². The number of aliphatic hydroxyl groups excluding tert-OH is 1. The summed E-state index contributed by atoms with van der Waals surface area (Å²) in [6.45, 7) is 4.55. The van der Waals surface area contributed by atoms with Gasteiger partial charge in [-0.3, -0.25) is 4.98 Å². The number of aliphatic hydroxyl groups is 1. The van der Waals surface area contributed by atoms with Crippen molar-refractivity contribution in [2.24, 2.45) is 0 Å². The number of rotatable bonds is 4. The Balaban J connectivity index is 2.09. The van der Waals surface area contributed by atoms with Crippen LogP contribution >= 0.6 is 0 Å². The van der Waals surface area contributed by atoms with E-state index in [0.29, 0.717) is 0 Å². The summed E-state index contributed by atoms with van der Waals surface area (Å²) in [4.78, 5) is 6.65. The van der Waals surface area contributed by atoms with Crippen LogP contribution in [0.2, 0.25) is 0 Å². The van der Waals surface area contributed by atoms with E-state index < -0.39 is 6.10 Å². The van der Waals surface area contributed by atoms with E-state index in [1.165, 1.54) is 0 Å². The van der Waals surface area contributed by atoms with Crippen LogP contribution in [0, 0.1) is 6.92 Å². The summed E-state index contributed by atoms with van der Waals surface area (Å²) in [6.07, 6.45) is -0.419. The zero-order chi connectivity index (χ0) is 13.8. The molecule has 0 radical (unpaired) electrons. The fraction of sp³-hybridized carbons (Fsp3) is 0.312. The molecule has 19 heavy (non-hydrogen) atoms. The van der Waals surface area contributed by atoms with Crippen molar-refractivity contribution < 1.29 is 5.11 Å².